The van der Waals surface area contributed by atoms with Gasteiger partial charge >= 0.3 is 0 Å². The Hall–Kier alpha value is -2.11. The Labute approximate surface area is 157 Å². The zero-order valence-electron chi connectivity index (χ0n) is 14.5. The van der Waals surface area contributed by atoms with Gasteiger partial charge in [0.2, 0.25) is 5.91 Å². The molecule has 0 bridgehead atoms. The van der Waals surface area contributed by atoms with Gasteiger partial charge in [-0.1, -0.05) is 49.1 Å². The third kappa shape index (κ3) is 5.73. The molecule has 0 saturated heterocycles. The molecule has 0 saturated carbocycles. The Balaban J connectivity index is 1.91. The molecule has 1 unspecified atom stereocenters. The van der Waals surface area contributed by atoms with Crippen LogP contribution in [-0.2, 0) is 10.5 Å². The number of hydrogen-bond donors (Lipinski definition) is 1. The van der Waals surface area contributed by atoms with Crippen molar-refractivity contribution in [1.82, 2.24) is 10.3 Å². The van der Waals surface area contributed by atoms with Crippen LogP contribution in [0.15, 0.2) is 66.7 Å². The molecule has 2 aromatic rings. The minimum absolute atomic E-state index is 0.0491. The number of allylic oxidation sites excluding steroid dienone is 3. The van der Waals surface area contributed by atoms with Crippen molar-refractivity contribution in [2.24, 2.45) is 0 Å². The second kappa shape index (κ2) is 9.39. The summed E-state index contributed by atoms with van der Waals surface area (Å²) in [5.74, 6) is 0.651. The fourth-order valence-electron chi connectivity index (χ4n) is 2.02. The zero-order chi connectivity index (χ0) is 18.2. The predicted octanol–water partition coefficient (Wildman–Crippen LogP) is 5.11. The zero-order valence-corrected chi connectivity index (χ0v) is 16.1. The normalized spacial score (nSPS) is 12.5. The number of benzene rings is 1. The van der Waals surface area contributed by atoms with Gasteiger partial charge in [0.25, 0.3) is 0 Å². The number of hydrogen-bond acceptors (Lipinski definition) is 4. The molecule has 1 aromatic carbocycles. The molecule has 5 heteroatoms. The number of amides is 1. The van der Waals surface area contributed by atoms with Crippen LogP contribution in [0, 0.1) is 6.92 Å². The number of thioether (sulfide) groups is 1. The van der Waals surface area contributed by atoms with Crippen LogP contribution >= 0.6 is 23.1 Å². The Morgan fingerprint density at radius 1 is 1.36 bits per heavy atom. The van der Waals surface area contributed by atoms with E-state index in [1.807, 2.05) is 6.92 Å². The highest BCUT2D eigenvalue weighted by atomic mass is 32.2. The summed E-state index contributed by atoms with van der Waals surface area (Å²) in [6.07, 6.45) is 4.94. The van der Waals surface area contributed by atoms with E-state index in [1.165, 1.54) is 5.56 Å². The highest BCUT2D eigenvalue weighted by Crippen LogP contribution is 2.26. The summed E-state index contributed by atoms with van der Waals surface area (Å²) in [6.45, 7) is 11.3. The van der Waals surface area contributed by atoms with E-state index in [2.05, 4.69) is 60.0 Å². The number of nitrogens with one attached hydrogen (secondary N) is 1. The van der Waals surface area contributed by atoms with E-state index in [-0.39, 0.29) is 11.2 Å². The van der Waals surface area contributed by atoms with Crippen LogP contribution in [0.5, 0.6) is 0 Å². The summed E-state index contributed by atoms with van der Waals surface area (Å²) in [5.41, 5.74) is 4.02. The van der Waals surface area contributed by atoms with Crippen molar-refractivity contribution in [2.45, 2.75) is 24.9 Å². The van der Waals surface area contributed by atoms with Gasteiger partial charge in [0.1, 0.15) is 5.01 Å². The monoisotopic (exact) mass is 370 g/mol. The summed E-state index contributed by atoms with van der Waals surface area (Å²) in [6, 6.07) is 8.35. The summed E-state index contributed by atoms with van der Waals surface area (Å²) in [7, 11) is 0. The first kappa shape index (κ1) is 19.2. The molecule has 1 aromatic heterocycles. The summed E-state index contributed by atoms with van der Waals surface area (Å²) in [5, 5.41) is 5.72. The molecule has 0 fully saturated rings. The molecule has 0 spiro atoms. The van der Waals surface area contributed by atoms with Crippen LogP contribution in [0.2, 0.25) is 0 Å². The van der Waals surface area contributed by atoms with Crippen molar-refractivity contribution in [3.05, 3.63) is 78.0 Å². The molecule has 0 aliphatic heterocycles. The van der Waals surface area contributed by atoms with Gasteiger partial charge in [0, 0.05) is 22.4 Å². The molecule has 0 radical (unpaired) electrons. The van der Waals surface area contributed by atoms with Gasteiger partial charge in [-0.05, 0) is 26.0 Å². The topological polar surface area (TPSA) is 42.0 Å². The van der Waals surface area contributed by atoms with Crippen LogP contribution in [0.4, 0.5) is 0 Å². The van der Waals surface area contributed by atoms with Crippen molar-refractivity contribution in [3.8, 4) is 10.6 Å². The van der Waals surface area contributed by atoms with E-state index in [4.69, 9.17) is 0 Å². The van der Waals surface area contributed by atoms with E-state index in [9.17, 15) is 4.79 Å². The molecule has 1 heterocycles. The smallest absolute Gasteiger partial charge is 0.237 e. The van der Waals surface area contributed by atoms with Gasteiger partial charge in [-0.3, -0.25) is 4.79 Å². The van der Waals surface area contributed by atoms with Crippen LogP contribution in [0.3, 0.4) is 0 Å². The molecular formula is C20H22N2OS2. The number of carbonyl (C=O) groups is 1. The van der Waals surface area contributed by atoms with E-state index in [0.29, 0.717) is 11.4 Å². The SMILES string of the molecule is C=C/C=C(\C=C)NC(=O)C(C)SCc1csc(-c2ccc(C)cc2)n1. The fraction of sp³-hybridized carbons (Fsp3) is 0.200. The van der Waals surface area contributed by atoms with Crippen LogP contribution in [0.1, 0.15) is 18.2 Å². The minimum Gasteiger partial charge on any atom is -0.325 e. The molecule has 25 heavy (non-hydrogen) atoms. The number of rotatable bonds is 8. The number of aromatic nitrogens is 1. The lowest BCUT2D eigenvalue weighted by Gasteiger charge is -2.11. The van der Waals surface area contributed by atoms with Crippen LogP contribution in [0.25, 0.3) is 10.6 Å². The number of carbonyl (C=O) groups excluding carboxylic acids is 1. The molecule has 0 aliphatic carbocycles. The van der Waals surface area contributed by atoms with E-state index in [0.717, 1.165) is 16.3 Å². The number of thiazole rings is 1. The van der Waals surface area contributed by atoms with Gasteiger partial charge in [0.05, 0.1) is 10.9 Å². The van der Waals surface area contributed by atoms with E-state index in [1.54, 1.807) is 41.3 Å². The first-order chi connectivity index (χ1) is 12.0. The van der Waals surface area contributed by atoms with Gasteiger partial charge in [0.15, 0.2) is 0 Å². The lowest BCUT2D eigenvalue weighted by Crippen LogP contribution is -2.29. The van der Waals surface area contributed by atoms with Crippen molar-refractivity contribution in [2.75, 3.05) is 0 Å². The van der Waals surface area contributed by atoms with Crippen molar-refractivity contribution in [1.29, 1.82) is 0 Å². The van der Waals surface area contributed by atoms with Crippen LogP contribution in [-0.4, -0.2) is 16.1 Å². The quantitative estimate of drug-likeness (QED) is 0.656. The maximum Gasteiger partial charge on any atom is 0.237 e. The van der Waals surface area contributed by atoms with Gasteiger partial charge in [-0.25, -0.2) is 4.98 Å². The third-order valence-corrected chi connectivity index (χ3v) is 5.60. The third-order valence-electron chi connectivity index (χ3n) is 3.49. The Morgan fingerprint density at radius 2 is 2.08 bits per heavy atom. The predicted molar refractivity (Wildman–Crippen MR) is 110 cm³/mol. The summed E-state index contributed by atoms with van der Waals surface area (Å²) in [4.78, 5) is 16.9. The Bertz CT molecular complexity index is 775. The molecular weight excluding hydrogens is 348 g/mol. The lowest BCUT2D eigenvalue weighted by atomic mass is 10.2. The maximum atomic E-state index is 12.2. The van der Waals surface area contributed by atoms with E-state index >= 15 is 0 Å². The summed E-state index contributed by atoms with van der Waals surface area (Å²) < 4.78 is 0. The van der Waals surface area contributed by atoms with Crippen molar-refractivity contribution >= 4 is 29.0 Å². The molecule has 1 N–H and O–H groups in total. The van der Waals surface area contributed by atoms with Gasteiger partial charge < -0.3 is 5.32 Å². The Kier molecular flexibility index (Phi) is 7.22. The maximum absolute atomic E-state index is 12.2. The van der Waals surface area contributed by atoms with Gasteiger partial charge in [-0.15, -0.1) is 23.1 Å². The standard InChI is InChI=1S/C20H22N2OS2/c1-5-7-17(6-2)21-19(23)15(4)24-12-18-13-25-20(22-18)16-10-8-14(3)9-11-16/h5-11,13,15H,1-2,12H2,3-4H3,(H,21,23)/b17-7+. The first-order valence-corrected chi connectivity index (χ1v) is 9.85. The number of aryl methyl sites for hydroxylation is 1. The number of nitrogens with zero attached hydrogens (tertiary/aromatic N) is 1. The van der Waals surface area contributed by atoms with Crippen LogP contribution < -0.4 is 5.32 Å². The molecule has 0 aliphatic rings. The average molecular weight is 371 g/mol. The second-order valence-electron chi connectivity index (χ2n) is 5.51. The second-order valence-corrected chi connectivity index (χ2v) is 7.70. The van der Waals surface area contributed by atoms with Gasteiger partial charge in [-0.2, -0.15) is 0 Å². The largest absolute Gasteiger partial charge is 0.325 e. The molecule has 2 rings (SSSR count). The average Bonchev–Trinajstić information content (AvgIpc) is 3.08. The molecule has 3 nitrogen and oxygen atoms in total. The molecule has 130 valence electrons. The Morgan fingerprint density at radius 3 is 2.72 bits per heavy atom. The minimum atomic E-state index is -0.183. The summed E-state index contributed by atoms with van der Waals surface area (Å²) >= 11 is 3.19. The van der Waals surface area contributed by atoms with Crippen molar-refractivity contribution in [3.63, 3.8) is 0 Å². The highest BCUT2D eigenvalue weighted by Gasteiger charge is 2.15. The lowest BCUT2D eigenvalue weighted by molar-refractivity contribution is -0.119. The molecule has 1 atom stereocenters. The van der Waals surface area contributed by atoms with E-state index < -0.39 is 0 Å². The highest BCUT2D eigenvalue weighted by molar-refractivity contribution is 7.99. The van der Waals surface area contributed by atoms with Crippen molar-refractivity contribution < 1.29 is 4.79 Å². The first-order valence-electron chi connectivity index (χ1n) is 7.92. The molecule has 1 amide bonds. The fourth-order valence-corrected chi connectivity index (χ4v) is 3.73.